The molecule has 0 bridgehead atoms. The number of anilines is 2. The van der Waals surface area contributed by atoms with Crippen LogP contribution in [-0.4, -0.2) is 38.0 Å². The largest absolute Gasteiger partial charge is 0.491 e. The number of H-pyrrole nitrogens is 1. The number of hydrogen-bond acceptors (Lipinski definition) is 9. The Morgan fingerprint density at radius 1 is 1.22 bits per heavy atom. The van der Waals surface area contributed by atoms with Gasteiger partial charge in [0, 0.05) is 24.0 Å². The molecule has 2 heterocycles. The lowest BCUT2D eigenvalue weighted by Gasteiger charge is -2.22. The summed E-state index contributed by atoms with van der Waals surface area (Å²) in [5.74, 6) is -0.342. The standard InChI is InChI=1S/C32H37FN8O4/c1-6-13-44-25-15-19(7-2)14-23(26(25)33)27(28-39-30(42)41(40-28)29-24(35)9-8-12-36-29)38-22-11-10-20(17-34)21(16-22)18-37-31(43)45-32(3,4)5/h8-12,14-16,27,38H,6-7,13,18,35H2,1-5H3,(H,37,43)(H,39,40,42). The van der Waals surface area contributed by atoms with Crippen molar-refractivity contribution in [1.29, 1.82) is 5.26 Å². The number of aromatic nitrogens is 4. The summed E-state index contributed by atoms with van der Waals surface area (Å²) in [5, 5.41) is 20.1. The number of carbonyl (C=O) groups excluding carboxylic acids is 1. The van der Waals surface area contributed by atoms with Crippen molar-refractivity contribution in [2.24, 2.45) is 0 Å². The number of nitrogens with zero attached hydrogens (tertiary/aromatic N) is 4. The highest BCUT2D eigenvalue weighted by Crippen LogP contribution is 2.33. The summed E-state index contributed by atoms with van der Waals surface area (Å²) in [5.41, 5.74) is 7.22. The molecule has 0 saturated carbocycles. The maximum atomic E-state index is 16.2. The van der Waals surface area contributed by atoms with E-state index in [9.17, 15) is 14.9 Å². The molecule has 13 heteroatoms. The molecule has 0 radical (unpaired) electrons. The molecule has 45 heavy (non-hydrogen) atoms. The summed E-state index contributed by atoms with van der Waals surface area (Å²) < 4.78 is 28.2. The predicted octanol–water partition coefficient (Wildman–Crippen LogP) is 5.13. The molecule has 2 aromatic heterocycles. The highest BCUT2D eigenvalue weighted by molar-refractivity contribution is 5.68. The number of nitrogen functional groups attached to an aromatic ring is 1. The maximum Gasteiger partial charge on any atom is 0.407 e. The number of amides is 1. The molecule has 1 unspecified atom stereocenters. The zero-order valence-corrected chi connectivity index (χ0v) is 25.9. The lowest BCUT2D eigenvalue weighted by Crippen LogP contribution is -2.32. The first-order valence-corrected chi connectivity index (χ1v) is 14.6. The average molecular weight is 617 g/mol. The van der Waals surface area contributed by atoms with Gasteiger partial charge in [-0.1, -0.05) is 19.9 Å². The Morgan fingerprint density at radius 3 is 2.67 bits per heavy atom. The molecule has 2 aromatic carbocycles. The number of aryl methyl sites for hydroxylation is 1. The van der Waals surface area contributed by atoms with Gasteiger partial charge in [-0.05, 0) is 81.1 Å². The molecule has 0 spiro atoms. The van der Waals surface area contributed by atoms with Gasteiger partial charge in [-0.25, -0.2) is 19.0 Å². The molecule has 4 rings (SSSR count). The van der Waals surface area contributed by atoms with Crippen molar-refractivity contribution in [3.8, 4) is 17.6 Å². The lowest BCUT2D eigenvalue weighted by atomic mass is 9.99. The number of aromatic amines is 1. The van der Waals surface area contributed by atoms with Crippen molar-refractivity contribution in [3.05, 3.63) is 93.0 Å². The van der Waals surface area contributed by atoms with E-state index in [0.717, 1.165) is 10.2 Å². The molecule has 0 saturated heterocycles. The first-order chi connectivity index (χ1) is 21.4. The summed E-state index contributed by atoms with van der Waals surface area (Å²) in [6, 6.07) is 12.5. The highest BCUT2D eigenvalue weighted by Gasteiger charge is 2.27. The number of pyridine rings is 1. The van der Waals surface area contributed by atoms with Gasteiger partial charge in [-0.2, -0.15) is 9.94 Å². The first-order valence-electron chi connectivity index (χ1n) is 14.6. The molecule has 4 aromatic rings. The van der Waals surface area contributed by atoms with E-state index in [1.54, 1.807) is 63.2 Å². The quantitative estimate of drug-likeness (QED) is 0.178. The van der Waals surface area contributed by atoms with Gasteiger partial charge >= 0.3 is 11.8 Å². The van der Waals surface area contributed by atoms with Crippen molar-refractivity contribution in [2.45, 2.75) is 65.6 Å². The average Bonchev–Trinajstić information content (AvgIpc) is 3.38. The minimum absolute atomic E-state index is 0.00288. The SMILES string of the molecule is CCCOc1cc(CC)cc(C(Nc2ccc(C#N)c(CNC(=O)OC(C)(C)C)c2)c2nn(-c3ncccc3N)c(=O)[nH]2)c1F. The Bertz CT molecular complexity index is 1770. The number of halogens is 1. The number of nitrogens with one attached hydrogen (secondary N) is 3. The number of alkyl carbamates (subject to hydrolysis) is 1. The van der Waals surface area contributed by atoms with E-state index < -0.39 is 29.2 Å². The van der Waals surface area contributed by atoms with Crippen molar-refractivity contribution in [1.82, 2.24) is 25.1 Å². The van der Waals surface area contributed by atoms with E-state index in [1.807, 2.05) is 13.8 Å². The second kappa shape index (κ2) is 13.9. The van der Waals surface area contributed by atoms with Crippen molar-refractivity contribution in [2.75, 3.05) is 17.7 Å². The van der Waals surface area contributed by atoms with Crippen LogP contribution in [0, 0.1) is 17.1 Å². The van der Waals surface area contributed by atoms with E-state index >= 15 is 4.39 Å². The second-order valence-corrected chi connectivity index (χ2v) is 11.3. The Hall–Kier alpha value is -5.38. The summed E-state index contributed by atoms with van der Waals surface area (Å²) in [6.45, 7) is 9.42. The van der Waals surface area contributed by atoms with Crippen molar-refractivity contribution < 1.29 is 18.7 Å². The fourth-order valence-electron chi connectivity index (χ4n) is 4.49. The highest BCUT2D eigenvalue weighted by atomic mass is 19.1. The van der Waals surface area contributed by atoms with E-state index in [1.165, 1.54) is 6.20 Å². The summed E-state index contributed by atoms with van der Waals surface area (Å²) >= 11 is 0. The van der Waals surface area contributed by atoms with Crippen molar-refractivity contribution in [3.63, 3.8) is 0 Å². The number of nitriles is 1. The van der Waals surface area contributed by atoms with E-state index in [-0.39, 0.29) is 35.2 Å². The summed E-state index contributed by atoms with van der Waals surface area (Å²) in [4.78, 5) is 32.3. The van der Waals surface area contributed by atoms with Crippen LogP contribution in [0.1, 0.15) is 75.2 Å². The van der Waals surface area contributed by atoms with Gasteiger partial charge in [0.25, 0.3) is 0 Å². The van der Waals surface area contributed by atoms with Crippen LogP contribution >= 0.6 is 0 Å². The van der Waals surface area contributed by atoms with Gasteiger partial charge in [-0.3, -0.25) is 4.98 Å². The van der Waals surface area contributed by atoms with Crippen LogP contribution in [0.3, 0.4) is 0 Å². The molecule has 1 atom stereocenters. The van der Waals surface area contributed by atoms with E-state index in [4.69, 9.17) is 15.2 Å². The topological polar surface area (TPSA) is 173 Å². The third-order valence-electron chi connectivity index (χ3n) is 6.59. The third kappa shape index (κ3) is 7.97. The number of benzene rings is 2. The Kier molecular flexibility index (Phi) is 10.1. The van der Waals surface area contributed by atoms with Gasteiger partial charge in [0.15, 0.2) is 23.2 Å². The number of rotatable bonds is 11. The number of hydrogen-bond donors (Lipinski definition) is 4. The van der Waals surface area contributed by atoms with Crippen molar-refractivity contribution >= 4 is 17.5 Å². The zero-order valence-electron chi connectivity index (χ0n) is 25.9. The minimum Gasteiger partial charge on any atom is -0.491 e. The number of carbonyl (C=O) groups is 1. The molecule has 0 aliphatic carbocycles. The van der Waals surface area contributed by atoms with Crippen LogP contribution in [0.5, 0.6) is 5.75 Å². The first kappa shape index (κ1) is 32.5. The lowest BCUT2D eigenvalue weighted by molar-refractivity contribution is 0.0523. The molecule has 236 valence electrons. The molecular weight excluding hydrogens is 579 g/mol. The maximum absolute atomic E-state index is 16.2. The van der Waals surface area contributed by atoms with Gasteiger partial charge < -0.3 is 25.8 Å². The fourth-order valence-corrected chi connectivity index (χ4v) is 4.49. The van der Waals surface area contributed by atoms with Gasteiger partial charge in [-0.15, -0.1) is 5.10 Å². The Labute approximate surface area is 260 Å². The van der Waals surface area contributed by atoms with E-state index in [0.29, 0.717) is 36.3 Å². The number of ether oxygens (including phenoxy) is 2. The normalized spacial score (nSPS) is 11.8. The second-order valence-electron chi connectivity index (χ2n) is 11.3. The monoisotopic (exact) mass is 616 g/mol. The van der Waals surface area contributed by atoms with Gasteiger partial charge in [0.1, 0.15) is 11.6 Å². The van der Waals surface area contributed by atoms with Crippen LogP contribution < -0.4 is 26.8 Å². The fraction of sp³-hybridized carbons (Fsp3) is 0.344. The molecule has 0 aliphatic heterocycles. The van der Waals surface area contributed by atoms with Crippen LogP contribution in [0.15, 0.2) is 53.5 Å². The third-order valence-corrected chi connectivity index (χ3v) is 6.59. The molecular formula is C32H37FN8O4. The summed E-state index contributed by atoms with van der Waals surface area (Å²) in [6.07, 6.45) is 2.11. The van der Waals surface area contributed by atoms with Gasteiger partial charge in [0.2, 0.25) is 0 Å². The van der Waals surface area contributed by atoms with Crippen LogP contribution in [0.4, 0.5) is 20.6 Å². The molecule has 0 fully saturated rings. The smallest absolute Gasteiger partial charge is 0.407 e. The Morgan fingerprint density at radius 2 is 2.00 bits per heavy atom. The van der Waals surface area contributed by atoms with Crippen LogP contribution in [0.2, 0.25) is 0 Å². The summed E-state index contributed by atoms with van der Waals surface area (Å²) in [7, 11) is 0. The predicted molar refractivity (Wildman–Crippen MR) is 168 cm³/mol. The van der Waals surface area contributed by atoms with Crippen LogP contribution in [-0.2, 0) is 17.7 Å². The van der Waals surface area contributed by atoms with Crippen LogP contribution in [0.25, 0.3) is 5.82 Å². The molecule has 5 N–H and O–H groups in total. The molecule has 1 amide bonds. The minimum atomic E-state index is -1.03. The zero-order chi connectivity index (χ0) is 32.7. The van der Waals surface area contributed by atoms with E-state index in [2.05, 4.69) is 31.8 Å². The molecule has 12 nitrogen and oxygen atoms in total. The number of nitrogens with two attached hydrogens (primary N) is 1. The Balaban J connectivity index is 1.80. The van der Waals surface area contributed by atoms with Gasteiger partial charge in [0.05, 0.1) is 23.9 Å². The molecule has 0 aliphatic rings.